The van der Waals surface area contributed by atoms with Gasteiger partial charge in [-0.2, -0.15) is 0 Å². The summed E-state index contributed by atoms with van der Waals surface area (Å²) >= 11 is -1.45. The Bertz CT molecular complexity index is 581. The summed E-state index contributed by atoms with van der Waals surface area (Å²) in [4.78, 5) is 24.2. The molecule has 1 aliphatic rings. The Labute approximate surface area is 124 Å². The zero-order valence-corrected chi connectivity index (χ0v) is 12.6. The highest BCUT2D eigenvalue weighted by Crippen LogP contribution is 2.28. The lowest BCUT2D eigenvalue weighted by atomic mass is 10.2. The highest BCUT2D eigenvalue weighted by molar-refractivity contribution is 7.90. The van der Waals surface area contributed by atoms with Crippen molar-refractivity contribution in [2.45, 2.75) is 31.0 Å². The van der Waals surface area contributed by atoms with Crippen molar-refractivity contribution in [1.82, 2.24) is 5.32 Å². The van der Waals surface area contributed by atoms with Gasteiger partial charge in [-0.05, 0) is 30.2 Å². The summed E-state index contributed by atoms with van der Waals surface area (Å²) in [6.45, 7) is 2.99. The molecule has 6 nitrogen and oxygen atoms in total. The number of benzene rings is 1. The number of ether oxygens (including phenoxy) is 1. The molecule has 0 radical (unpaired) electrons. The highest BCUT2D eigenvalue weighted by atomic mass is 32.2. The van der Waals surface area contributed by atoms with Crippen LogP contribution in [-0.2, 0) is 20.7 Å². The topological polar surface area (TPSA) is 81.7 Å². The van der Waals surface area contributed by atoms with Crippen LogP contribution >= 0.6 is 0 Å². The molecular formula is C13H15FN2O4S. The van der Waals surface area contributed by atoms with Gasteiger partial charge in [0.1, 0.15) is 6.26 Å². The first-order chi connectivity index (χ1) is 9.81. The standard InChI is InChI=1S/C13H15FN2O4S/c1-7-12(15-8(2)17)20-13(18)16(7)9-4-5-11(21(3)19)10(14)6-9/h4-7,12H,1-3H3,(H,15,17)/t7?,12-,21?/m0/s1. The molecule has 114 valence electrons. The zero-order valence-electron chi connectivity index (χ0n) is 11.8. The van der Waals surface area contributed by atoms with Crippen molar-refractivity contribution in [1.29, 1.82) is 0 Å². The number of nitrogens with zero attached hydrogens (tertiary/aromatic N) is 1. The molecule has 1 N–H and O–H groups in total. The monoisotopic (exact) mass is 314 g/mol. The molecule has 0 aromatic heterocycles. The number of anilines is 1. The Morgan fingerprint density at radius 1 is 1.52 bits per heavy atom. The van der Waals surface area contributed by atoms with E-state index in [2.05, 4.69) is 5.32 Å². The molecule has 0 aliphatic carbocycles. The van der Waals surface area contributed by atoms with Gasteiger partial charge in [-0.25, -0.2) is 9.18 Å². The summed E-state index contributed by atoms with van der Waals surface area (Å²) in [6, 6.07) is 3.50. The third-order valence-corrected chi connectivity index (χ3v) is 4.07. The third kappa shape index (κ3) is 3.11. The minimum Gasteiger partial charge on any atom is -0.612 e. The Balaban J connectivity index is 2.27. The number of carbonyl (C=O) groups is 2. The van der Waals surface area contributed by atoms with Gasteiger partial charge in [0.15, 0.2) is 16.9 Å². The molecule has 0 bridgehead atoms. The van der Waals surface area contributed by atoms with Crippen molar-refractivity contribution in [3.63, 3.8) is 0 Å². The Kier molecular flexibility index (Phi) is 4.38. The normalized spacial score (nSPS) is 22.9. The largest absolute Gasteiger partial charge is 0.612 e. The van der Waals surface area contributed by atoms with Crippen molar-refractivity contribution >= 4 is 28.9 Å². The maximum Gasteiger partial charge on any atom is 0.416 e. The predicted octanol–water partition coefficient (Wildman–Crippen LogP) is 1.37. The maximum atomic E-state index is 13.9. The van der Waals surface area contributed by atoms with E-state index in [0.717, 1.165) is 6.07 Å². The predicted molar refractivity (Wildman–Crippen MR) is 74.8 cm³/mol. The Morgan fingerprint density at radius 3 is 2.71 bits per heavy atom. The van der Waals surface area contributed by atoms with E-state index in [9.17, 15) is 18.5 Å². The van der Waals surface area contributed by atoms with E-state index in [-0.39, 0.29) is 16.5 Å². The summed E-state index contributed by atoms with van der Waals surface area (Å²) in [5, 5.41) is 2.50. The molecule has 8 heteroatoms. The van der Waals surface area contributed by atoms with Crippen LogP contribution < -0.4 is 10.2 Å². The molecule has 2 unspecified atom stereocenters. The molecule has 0 spiro atoms. The van der Waals surface area contributed by atoms with Crippen LogP contribution in [0.4, 0.5) is 14.9 Å². The number of nitrogens with one attached hydrogen (secondary N) is 1. The van der Waals surface area contributed by atoms with Crippen molar-refractivity contribution in [2.75, 3.05) is 11.2 Å². The fourth-order valence-electron chi connectivity index (χ4n) is 2.13. The van der Waals surface area contributed by atoms with Crippen molar-refractivity contribution in [3.8, 4) is 0 Å². The van der Waals surface area contributed by atoms with Crippen LogP contribution in [0.15, 0.2) is 23.1 Å². The molecule has 1 aromatic carbocycles. The molecule has 1 fully saturated rings. The van der Waals surface area contributed by atoms with Gasteiger partial charge in [-0.15, -0.1) is 0 Å². The van der Waals surface area contributed by atoms with Crippen molar-refractivity contribution in [2.24, 2.45) is 0 Å². The second-order valence-corrected chi connectivity index (χ2v) is 6.03. The van der Waals surface area contributed by atoms with Crippen LogP contribution in [0.5, 0.6) is 0 Å². The first kappa shape index (κ1) is 15.6. The van der Waals surface area contributed by atoms with E-state index in [1.807, 2.05) is 0 Å². The summed E-state index contributed by atoms with van der Waals surface area (Å²) in [7, 11) is 0. The molecule has 21 heavy (non-hydrogen) atoms. The molecule has 1 saturated heterocycles. The average Bonchev–Trinajstić information content (AvgIpc) is 2.63. The number of carbonyl (C=O) groups excluding carboxylic acids is 2. The summed E-state index contributed by atoms with van der Waals surface area (Å²) in [5.41, 5.74) is 0.284. The lowest BCUT2D eigenvalue weighted by Crippen LogP contribution is -2.43. The second-order valence-electron chi connectivity index (χ2n) is 4.68. The van der Waals surface area contributed by atoms with Gasteiger partial charge >= 0.3 is 6.09 Å². The average molecular weight is 314 g/mol. The molecule has 1 aromatic rings. The van der Waals surface area contributed by atoms with Gasteiger partial charge in [0.05, 0.1) is 11.7 Å². The molecule has 1 heterocycles. The van der Waals surface area contributed by atoms with E-state index in [1.165, 1.54) is 30.2 Å². The lowest BCUT2D eigenvalue weighted by molar-refractivity contribution is -0.121. The lowest BCUT2D eigenvalue weighted by Gasteiger charge is -2.21. The Hall–Kier alpha value is -1.80. The smallest absolute Gasteiger partial charge is 0.416 e. The molecular weight excluding hydrogens is 299 g/mol. The van der Waals surface area contributed by atoms with Crippen LogP contribution in [0.2, 0.25) is 0 Å². The number of halogens is 1. The first-order valence-corrected chi connectivity index (χ1v) is 7.77. The molecule has 3 atom stereocenters. The Morgan fingerprint density at radius 2 is 2.19 bits per heavy atom. The molecule has 2 rings (SSSR count). The van der Waals surface area contributed by atoms with Gasteiger partial charge in [0.25, 0.3) is 0 Å². The number of hydrogen-bond donors (Lipinski definition) is 1. The minimum absolute atomic E-state index is 0.0670. The van der Waals surface area contributed by atoms with Gasteiger partial charge in [-0.3, -0.25) is 9.69 Å². The summed E-state index contributed by atoms with van der Waals surface area (Å²) in [6.07, 6.45) is -0.0958. The quantitative estimate of drug-likeness (QED) is 0.854. The first-order valence-electron chi connectivity index (χ1n) is 6.21. The summed E-state index contributed by atoms with van der Waals surface area (Å²) < 4.78 is 30.2. The number of rotatable bonds is 3. The SMILES string of the molecule is CC(=O)N[C@H]1OC(=O)N(c2ccc([S+](C)[O-])c(F)c2)C1C. The van der Waals surface area contributed by atoms with Crippen LogP contribution in [0.1, 0.15) is 13.8 Å². The van der Waals surface area contributed by atoms with Crippen LogP contribution in [0.3, 0.4) is 0 Å². The van der Waals surface area contributed by atoms with Crippen LogP contribution in [0, 0.1) is 5.82 Å². The molecule has 1 aliphatic heterocycles. The van der Waals surface area contributed by atoms with Gasteiger partial charge in [0, 0.05) is 13.0 Å². The van der Waals surface area contributed by atoms with E-state index in [1.54, 1.807) is 6.92 Å². The van der Waals surface area contributed by atoms with E-state index in [4.69, 9.17) is 4.74 Å². The van der Waals surface area contributed by atoms with Crippen molar-refractivity contribution < 1.29 is 23.3 Å². The van der Waals surface area contributed by atoms with Crippen LogP contribution in [-0.4, -0.2) is 35.1 Å². The maximum absolute atomic E-state index is 13.9. The summed E-state index contributed by atoms with van der Waals surface area (Å²) in [5.74, 6) is -0.985. The minimum atomic E-state index is -1.45. The second kappa shape index (κ2) is 5.90. The van der Waals surface area contributed by atoms with E-state index < -0.39 is 35.4 Å². The number of hydrogen-bond acceptors (Lipinski definition) is 4. The van der Waals surface area contributed by atoms with Gasteiger partial charge in [0.2, 0.25) is 5.91 Å². The third-order valence-electron chi connectivity index (χ3n) is 3.12. The zero-order chi connectivity index (χ0) is 15.7. The van der Waals surface area contributed by atoms with Crippen LogP contribution in [0.25, 0.3) is 0 Å². The fraction of sp³-hybridized carbons (Fsp3) is 0.385. The molecule has 2 amide bonds. The van der Waals surface area contributed by atoms with E-state index in [0.29, 0.717) is 0 Å². The van der Waals surface area contributed by atoms with Gasteiger partial charge in [-0.1, -0.05) is 0 Å². The highest BCUT2D eigenvalue weighted by Gasteiger charge is 2.40. The molecule has 0 saturated carbocycles. The number of amides is 2. The van der Waals surface area contributed by atoms with Gasteiger partial charge < -0.3 is 14.6 Å². The fourth-order valence-corrected chi connectivity index (χ4v) is 2.72. The van der Waals surface area contributed by atoms with Crippen molar-refractivity contribution in [3.05, 3.63) is 24.0 Å². The van der Waals surface area contributed by atoms with E-state index >= 15 is 0 Å². The number of cyclic esters (lactones) is 1.